The number of aromatic nitrogens is 2. The van der Waals surface area contributed by atoms with E-state index in [-0.39, 0.29) is 23.4 Å². The molecular formula is C16H16N4O3. The summed E-state index contributed by atoms with van der Waals surface area (Å²) in [5.74, 6) is 0.111. The van der Waals surface area contributed by atoms with Gasteiger partial charge in [-0.05, 0) is 6.07 Å². The maximum Gasteiger partial charge on any atom is 0.257 e. The third-order valence-electron chi connectivity index (χ3n) is 4.44. The Labute approximate surface area is 132 Å². The monoisotopic (exact) mass is 312 g/mol. The van der Waals surface area contributed by atoms with Crippen LogP contribution in [-0.4, -0.2) is 44.8 Å². The van der Waals surface area contributed by atoms with Gasteiger partial charge < -0.3 is 19.3 Å². The summed E-state index contributed by atoms with van der Waals surface area (Å²) in [7, 11) is 3.41. The van der Waals surface area contributed by atoms with E-state index in [4.69, 9.17) is 4.74 Å². The van der Waals surface area contributed by atoms with Gasteiger partial charge in [-0.25, -0.2) is 4.98 Å². The van der Waals surface area contributed by atoms with Crippen LogP contribution >= 0.6 is 0 Å². The van der Waals surface area contributed by atoms with Crippen LogP contribution in [0.25, 0.3) is 0 Å². The van der Waals surface area contributed by atoms with Gasteiger partial charge >= 0.3 is 0 Å². The molecule has 2 aromatic rings. The largest absolute Gasteiger partial charge is 0.504 e. The zero-order chi connectivity index (χ0) is 16.1. The fourth-order valence-corrected chi connectivity index (χ4v) is 3.16. The SMILES string of the molecule is COc1cc2c(cc1O)N=CC1Cc3c(ncn3C)CN1C2=O. The zero-order valence-electron chi connectivity index (χ0n) is 12.9. The van der Waals surface area contributed by atoms with E-state index in [1.165, 1.54) is 13.2 Å². The smallest absolute Gasteiger partial charge is 0.257 e. The number of aliphatic imine (C=N–C) groups is 1. The number of ether oxygens (including phenoxy) is 1. The number of hydrogen-bond acceptors (Lipinski definition) is 5. The molecule has 1 amide bonds. The first-order valence-corrected chi connectivity index (χ1v) is 7.33. The standard InChI is InChI=1S/C16H16N4O3/c1-19-8-18-12-7-20-9(3-13(12)19)6-17-11-5-14(21)15(23-2)4-10(11)16(20)22/h4-6,8-9,21H,3,7H2,1-2H3. The van der Waals surface area contributed by atoms with Crippen LogP contribution in [0.15, 0.2) is 23.5 Å². The molecule has 7 nitrogen and oxygen atoms in total. The van der Waals surface area contributed by atoms with Gasteiger partial charge in [-0.15, -0.1) is 0 Å². The molecule has 2 aliphatic heterocycles. The Kier molecular flexibility index (Phi) is 2.90. The van der Waals surface area contributed by atoms with Gasteiger partial charge in [-0.3, -0.25) is 9.79 Å². The molecule has 4 rings (SSSR count). The average molecular weight is 312 g/mol. The normalized spacial score (nSPS) is 19.0. The number of amides is 1. The second-order valence-corrected chi connectivity index (χ2v) is 5.77. The first-order valence-electron chi connectivity index (χ1n) is 7.33. The van der Waals surface area contributed by atoms with Crippen LogP contribution in [0, 0.1) is 0 Å². The molecule has 0 fully saturated rings. The number of imidazole rings is 1. The van der Waals surface area contributed by atoms with Crippen LogP contribution in [0.1, 0.15) is 21.7 Å². The van der Waals surface area contributed by atoms with Crippen molar-refractivity contribution in [3.8, 4) is 11.5 Å². The number of rotatable bonds is 1. The summed E-state index contributed by atoms with van der Waals surface area (Å²) < 4.78 is 7.09. The van der Waals surface area contributed by atoms with Crippen molar-refractivity contribution in [2.24, 2.45) is 12.0 Å². The van der Waals surface area contributed by atoms with Gasteiger partial charge in [0.05, 0.1) is 43.0 Å². The van der Waals surface area contributed by atoms with Gasteiger partial charge in [-0.1, -0.05) is 0 Å². The Morgan fingerprint density at radius 1 is 1.39 bits per heavy atom. The molecule has 0 aliphatic carbocycles. The quantitative estimate of drug-likeness (QED) is 0.863. The van der Waals surface area contributed by atoms with Crippen molar-refractivity contribution < 1.29 is 14.6 Å². The molecule has 1 aromatic carbocycles. The number of aryl methyl sites for hydroxylation is 1. The predicted molar refractivity (Wildman–Crippen MR) is 83.4 cm³/mol. The van der Waals surface area contributed by atoms with Gasteiger partial charge in [0.25, 0.3) is 5.91 Å². The number of aromatic hydroxyl groups is 1. The van der Waals surface area contributed by atoms with Crippen molar-refractivity contribution in [3.63, 3.8) is 0 Å². The van der Waals surface area contributed by atoms with E-state index >= 15 is 0 Å². The van der Waals surface area contributed by atoms with E-state index in [1.807, 2.05) is 11.6 Å². The fourth-order valence-electron chi connectivity index (χ4n) is 3.16. The number of carbonyl (C=O) groups excluding carboxylic acids is 1. The molecule has 23 heavy (non-hydrogen) atoms. The van der Waals surface area contributed by atoms with Crippen LogP contribution in [0.4, 0.5) is 5.69 Å². The van der Waals surface area contributed by atoms with Crippen LogP contribution in [0.5, 0.6) is 11.5 Å². The maximum atomic E-state index is 12.9. The third kappa shape index (κ3) is 2.00. The van der Waals surface area contributed by atoms with Crippen molar-refractivity contribution in [1.29, 1.82) is 0 Å². The van der Waals surface area contributed by atoms with E-state index in [0.717, 1.165) is 11.4 Å². The molecule has 1 aromatic heterocycles. The molecule has 0 saturated heterocycles. The Balaban J connectivity index is 1.80. The number of methoxy groups -OCH3 is 1. The second kappa shape index (κ2) is 4.84. The first kappa shape index (κ1) is 13.8. The lowest BCUT2D eigenvalue weighted by Gasteiger charge is -2.32. The van der Waals surface area contributed by atoms with E-state index in [1.54, 1.807) is 23.5 Å². The predicted octanol–water partition coefficient (Wildman–Crippen LogP) is 1.42. The van der Waals surface area contributed by atoms with E-state index in [0.29, 0.717) is 24.2 Å². The topological polar surface area (TPSA) is 80.0 Å². The first-order chi connectivity index (χ1) is 11.1. The zero-order valence-corrected chi connectivity index (χ0v) is 12.9. The average Bonchev–Trinajstić information content (AvgIpc) is 2.85. The summed E-state index contributed by atoms with van der Waals surface area (Å²) in [6, 6.07) is 2.89. The molecule has 0 radical (unpaired) electrons. The van der Waals surface area contributed by atoms with Gasteiger partial charge in [0.2, 0.25) is 0 Å². The van der Waals surface area contributed by atoms with Gasteiger partial charge in [-0.2, -0.15) is 0 Å². The highest BCUT2D eigenvalue weighted by Gasteiger charge is 2.34. The number of hydrogen-bond donors (Lipinski definition) is 1. The summed E-state index contributed by atoms with van der Waals surface area (Å²) in [4.78, 5) is 23.5. The Hall–Kier alpha value is -2.83. The van der Waals surface area contributed by atoms with Crippen molar-refractivity contribution in [1.82, 2.24) is 14.5 Å². The third-order valence-corrected chi connectivity index (χ3v) is 4.44. The van der Waals surface area contributed by atoms with E-state index < -0.39 is 0 Å². The molecule has 0 saturated carbocycles. The molecule has 118 valence electrons. The van der Waals surface area contributed by atoms with E-state index in [9.17, 15) is 9.90 Å². The number of phenols is 1. The second-order valence-electron chi connectivity index (χ2n) is 5.77. The lowest BCUT2D eigenvalue weighted by Crippen LogP contribution is -2.44. The van der Waals surface area contributed by atoms with Gasteiger partial charge in [0, 0.05) is 31.4 Å². The Morgan fingerprint density at radius 2 is 2.22 bits per heavy atom. The highest BCUT2D eigenvalue weighted by molar-refractivity contribution is 6.03. The molecule has 0 spiro atoms. The molecule has 0 bridgehead atoms. The molecule has 1 unspecified atom stereocenters. The highest BCUT2D eigenvalue weighted by atomic mass is 16.5. The number of fused-ring (bicyclic) bond motifs is 3. The van der Waals surface area contributed by atoms with Gasteiger partial charge in [0.1, 0.15) is 0 Å². The number of benzene rings is 1. The number of phenolic OH excluding ortho intramolecular Hbond substituents is 1. The molecule has 7 heteroatoms. The van der Waals surface area contributed by atoms with Crippen LogP contribution in [0.3, 0.4) is 0 Å². The molecule has 1 N–H and O–H groups in total. The highest BCUT2D eigenvalue weighted by Crippen LogP contribution is 2.37. The van der Waals surface area contributed by atoms with Crippen molar-refractivity contribution in [2.75, 3.05) is 7.11 Å². The summed E-state index contributed by atoms with van der Waals surface area (Å²) >= 11 is 0. The summed E-state index contributed by atoms with van der Waals surface area (Å²) in [5, 5.41) is 9.91. The summed E-state index contributed by atoms with van der Waals surface area (Å²) in [6.45, 7) is 0.453. The summed E-state index contributed by atoms with van der Waals surface area (Å²) in [5.41, 5.74) is 2.93. The molecule has 1 atom stereocenters. The summed E-state index contributed by atoms with van der Waals surface area (Å²) in [6.07, 6.45) is 4.22. The fraction of sp³-hybridized carbons (Fsp3) is 0.312. The number of carbonyl (C=O) groups is 1. The van der Waals surface area contributed by atoms with Crippen molar-refractivity contribution in [2.45, 2.75) is 19.0 Å². The number of nitrogens with zero attached hydrogens (tertiary/aromatic N) is 4. The minimum atomic E-state index is -0.128. The van der Waals surface area contributed by atoms with E-state index in [2.05, 4.69) is 9.98 Å². The Morgan fingerprint density at radius 3 is 3.00 bits per heavy atom. The Bertz CT molecular complexity index is 840. The van der Waals surface area contributed by atoms with Crippen molar-refractivity contribution in [3.05, 3.63) is 35.4 Å². The molecule has 2 aliphatic rings. The maximum absolute atomic E-state index is 12.9. The van der Waals surface area contributed by atoms with Gasteiger partial charge in [0.15, 0.2) is 11.5 Å². The van der Waals surface area contributed by atoms with Crippen LogP contribution < -0.4 is 4.74 Å². The molecular weight excluding hydrogens is 296 g/mol. The van der Waals surface area contributed by atoms with Crippen molar-refractivity contribution >= 4 is 17.8 Å². The lowest BCUT2D eigenvalue weighted by atomic mass is 10.0. The lowest BCUT2D eigenvalue weighted by molar-refractivity contribution is 0.0699. The molecule has 3 heterocycles. The minimum absolute atomic E-state index is 0.0268. The minimum Gasteiger partial charge on any atom is -0.504 e. The van der Waals surface area contributed by atoms with Crippen LogP contribution in [-0.2, 0) is 20.0 Å². The van der Waals surface area contributed by atoms with Crippen LogP contribution in [0.2, 0.25) is 0 Å².